The fourth-order valence-electron chi connectivity index (χ4n) is 2.66. The first-order chi connectivity index (χ1) is 7.65. The topological polar surface area (TPSA) is 0 Å². The fourth-order valence-corrected chi connectivity index (χ4v) is 13.1. The van der Waals surface area contributed by atoms with Crippen molar-refractivity contribution in [1.82, 2.24) is 0 Å². The van der Waals surface area contributed by atoms with E-state index in [-0.39, 0.29) is 28.3 Å². The molecule has 0 bridgehead atoms. The Labute approximate surface area is 111 Å². The first-order valence-electron chi connectivity index (χ1n) is 6.20. The molecular formula is C14H20SiZr. The van der Waals surface area contributed by atoms with Crippen LogP contribution in [0.1, 0.15) is 35.0 Å². The van der Waals surface area contributed by atoms with Gasteiger partial charge in [0.15, 0.2) is 0 Å². The molecule has 1 aliphatic carbocycles. The van der Waals surface area contributed by atoms with Gasteiger partial charge in [0.2, 0.25) is 0 Å². The molecule has 0 saturated carbocycles. The molecule has 0 aromatic heterocycles. The van der Waals surface area contributed by atoms with Crippen LogP contribution in [0.2, 0.25) is 13.1 Å². The van der Waals surface area contributed by atoms with Crippen molar-refractivity contribution in [2.75, 3.05) is 0 Å². The molecule has 1 atom stereocenters. The summed E-state index contributed by atoms with van der Waals surface area (Å²) in [4.78, 5) is 0. The second-order valence-electron chi connectivity index (χ2n) is 4.85. The standard InChI is InChI=1S/C12H13.C2H7Si.Zr/c1-3-10-8-11-6-4-5-7-12(11)9(10)2;1-3-2;/h4-8H,3H2,1-2H3;3H,1-2H3;. The molecule has 0 heterocycles. The van der Waals surface area contributed by atoms with Gasteiger partial charge >= 0.3 is 112 Å². The number of hydrogen-bond donors (Lipinski definition) is 0. The van der Waals surface area contributed by atoms with Gasteiger partial charge in [-0.15, -0.1) is 0 Å². The normalized spacial score (nSPS) is 19.2. The average Bonchev–Trinajstić information content (AvgIpc) is 2.52. The van der Waals surface area contributed by atoms with Gasteiger partial charge in [0.1, 0.15) is 0 Å². The van der Waals surface area contributed by atoms with Crippen LogP contribution >= 0.6 is 0 Å². The van der Waals surface area contributed by atoms with Gasteiger partial charge in [-0.05, 0) is 0 Å². The third kappa shape index (κ3) is 2.19. The maximum atomic E-state index is 2.54. The summed E-state index contributed by atoms with van der Waals surface area (Å²) in [5.74, 6) is -0.326. The van der Waals surface area contributed by atoms with Gasteiger partial charge in [-0.3, -0.25) is 0 Å². The van der Waals surface area contributed by atoms with Crippen molar-refractivity contribution in [3.05, 3.63) is 41.0 Å². The summed E-state index contributed by atoms with van der Waals surface area (Å²) >= 11 is -0.192. The molecule has 0 amide bonds. The molecule has 1 unspecified atom stereocenters. The van der Waals surface area contributed by atoms with Gasteiger partial charge in [0.05, 0.1) is 0 Å². The summed E-state index contributed by atoms with van der Waals surface area (Å²) in [7, 11) is 0. The molecule has 1 aliphatic rings. The molecule has 1 aromatic rings. The third-order valence-electron chi connectivity index (χ3n) is 3.39. The van der Waals surface area contributed by atoms with Crippen LogP contribution in [0, 0.1) is 0 Å². The molecule has 0 saturated heterocycles. The van der Waals surface area contributed by atoms with Crippen LogP contribution in [-0.4, -0.2) is 5.92 Å². The van der Waals surface area contributed by atoms with Crippen molar-refractivity contribution in [3.8, 4) is 0 Å². The number of hydrogen-bond acceptors (Lipinski definition) is 0. The summed E-state index contributed by atoms with van der Waals surface area (Å²) in [6.45, 7) is 9.74. The van der Waals surface area contributed by atoms with Crippen molar-refractivity contribution in [1.29, 1.82) is 0 Å². The molecule has 0 radical (unpaired) electrons. The summed E-state index contributed by atoms with van der Waals surface area (Å²) in [6, 6.07) is 9.11. The van der Waals surface area contributed by atoms with E-state index < -0.39 is 0 Å². The van der Waals surface area contributed by atoms with E-state index >= 15 is 0 Å². The van der Waals surface area contributed by atoms with E-state index in [1.54, 1.807) is 22.3 Å². The van der Waals surface area contributed by atoms with Crippen molar-refractivity contribution >= 4 is 11.5 Å². The van der Waals surface area contributed by atoms with Crippen LogP contribution in [-0.2, 0) is 22.4 Å². The average molecular weight is 308 g/mol. The quantitative estimate of drug-likeness (QED) is 0.741. The second-order valence-corrected chi connectivity index (χ2v) is 19.9. The molecule has 0 fully saturated rings. The molecule has 0 spiro atoms. The van der Waals surface area contributed by atoms with E-state index in [2.05, 4.69) is 51.2 Å². The van der Waals surface area contributed by atoms with Crippen LogP contribution < -0.4 is 0 Å². The number of benzene rings is 1. The molecule has 84 valence electrons. The van der Waals surface area contributed by atoms with Crippen LogP contribution in [0.15, 0.2) is 29.8 Å². The first kappa shape index (κ1) is 12.5. The Morgan fingerprint density at radius 3 is 2.56 bits per heavy atom. The summed E-state index contributed by atoms with van der Waals surface area (Å²) in [5, 5.41) is 0. The monoisotopic (exact) mass is 306 g/mol. The summed E-state index contributed by atoms with van der Waals surface area (Å²) < 4.78 is 0.913. The van der Waals surface area contributed by atoms with Crippen LogP contribution in [0.4, 0.5) is 0 Å². The van der Waals surface area contributed by atoms with E-state index in [4.69, 9.17) is 0 Å². The van der Waals surface area contributed by atoms with E-state index in [0.29, 0.717) is 0 Å². The Hall–Kier alpha value is 0.0600. The molecule has 1 aromatic carbocycles. The number of rotatable bonds is 3. The molecule has 2 rings (SSSR count). The van der Waals surface area contributed by atoms with Gasteiger partial charge < -0.3 is 0 Å². The van der Waals surface area contributed by atoms with Gasteiger partial charge in [-0.1, -0.05) is 0 Å². The minimum absolute atomic E-state index is 0.192. The van der Waals surface area contributed by atoms with Crippen molar-refractivity contribution in [2.24, 2.45) is 0 Å². The van der Waals surface area contributed by atoms with Crippen molar-refractivity contribution in [2.45, 2.75) is 37.0 Å². The zero-order chi connectivity index (χ0) is 11.7. The van der Waals surface area contributed by atoms with Crippen molar-refractivity contribution < 1.29 is 22.4 Å². The number of fused-ring (bicyclic) bond motifs is 1. The van der Waals surface area contributed by atoms with Gasteiger partial charge in [0, 0.05) is 0 Å². The molecule has 0 N–H and O–H groups in total. The molecule has 0 nitrogen and oxygen atoms in total. The zero-order valence-electron chi connectivity index (χ0n) is 10.7. The van der Waals surface area contributed by atoms with Crippen LogP contribution in [0.25, 0.3) is 5.57 Å². The van der Waals surface area contributed by atoms with Crippen molar-refractivity contribution in [3.63, 3.8) is 0 Å². The first-order valence-corrected chi connectivity index (χ1v) is 14.8. The SMILES string of the molecule is CCC1=C(C)c2ccccc2[CH]1[Zr][SiH](C)C. The molecule has 16 heavy (non-hydrogen) atoms. The third-order valence-corrected chi connectivity index (χ3v) is 13.4. The molecule has 2 heteroatoms. The molecule has 0 aliphatic heterocycles. The van der Waals surface area contributed by atoms with E-state index in [0.717, 1.165) is 3.63 Å². The van der Waals surface area contributed by atoms with Gasteiger partial charge in [-0.25, -0.2) is 0 Å². The van der Waals surface area contributed by atoms with Crippen LogP contribution in [0.3, 0.4) is 0 Å². The Morgan fingerprint density at radius 2 is 1.94 bits per heavy atom. The van der Waals surface area contributed by atoms with Crippen LogP contribution in [0.5, 0.6) is 0 Å². The van der Waals surface area contributed by atoms with E-state index in [9.17, 15) is 0 Å². The van der Waals surface area contributed by atoms with Gasteiger partial charge in [-0.2, -0.15) is 0 Å². The maximum absolute atomic E-state index is 2.54. The predicted octanol–water partition coefficient (Wildman–Crippen LogP) is 3.99. The predicted molar refractivity (Wildman–Crippen MR) is 70.9 cm³/mol. The fraction of sp³-hybridized carbons (Fsp3) is 0.429. The minimum atomic E-state index is -0.326. The Morgan fingerprint density at radius 1 is 1.25 bits per heavy atom. The number of allylic oxidation sites excluding steroid dienone is 2. The summed E-state index contributed by atoms with van der Waals surface area (Å²) in [5.41, 5.74) is 6.59. The second kappa shape index (κ2) is 5.14. The van der Waals surface area contributed by atoms with E-state index in [1.807, 2.05) is 0 Å². The van der Waals surface area contributed by atoms with Gasteiger partial charge in [0.25, 0.3) is 0 Å². The molecular weight excluding hydrogens is 287 g/mol. The Balaban J connectivity index is 2.44. The van der Waals surface area contributed by atoms with E-state index in [1.165, 1.54) is 6.42 Å². The Kier molecular flexibility index (Phi) is 4.02. The Bertz CT molecular complexity index is 420. The zero-order valence-corrected chi connectivity index (χ0v) is 14.3. The summed E-state index contributed by atoms with van der Waals surface area (Å²) in [6.07, 6.45) is 1.26.